The second kappa shape index (κ2) is 10.2. The predicted octanol–water partition coefficient (Wildman–Crippen LogP) is 4.52. The van der Waals surface area contributed by atoms with Gasteiger partial charge < -0.3 is 20.1 Å². The first-order valence-electron chi connectivity index (χ1n) is 9.48. The van der Waals surface area contributed by atoms with Gasteiger partial charge in [-0.15, -0.1) is 0 Å². The number of rotatable bonds is 8. The fourth-order valence-electron chi connectivity index (χ4n) is 2.65. The molecule has 6 nitrogen and oxygen atoms in total. The summed E-state index contributed by atoms with van der Waals surface area (Å²) in [5, 5.41) is 4.89. The van der Waals surface area contributed by atoms with Gasteiger partial charge in [0.25, 0.3) is 5.91 Å². The summed E-state index contributed by atoms with van der Waals surface area (Å²) in [5.41, 5.74) is 0.149. The minimum absolute atomic E-state index is 0.343. The maximum atomic E-state index is 13.6. The Morgan fingerprint density at radius 3 is 2.10 bits per heavy atom. The SMILES string of the molecule is CCOc1ccc(Oc2ccc(NC(=O)CNC(=O)c3ccc(F)cc3F)cc2)cc1. The standard InChI is InChI=1S/C23H20F2N2O4/c1-2-30-17-8-10-19(11-9-17)31-18-6-4-16(5-7-18)27-22(28)14-26-23(29)20-12-3-15(24)13-21(20)25/h3-13H,2,14H2,1H3,(H,26,29)(H,27,28). The van der Waals surface area contributed by atoms with Crippen LogP contribution in [-0.2, 0) is 4.79 Å². The lowest BCUT2D eigenvalue weighted by molar-refractivity contribution is -0.115. The van der Waals surface area contributed by atoms with Gasteiger partial charge in [-0.2, -0.15) is 0 Å². The molecule has 0 saturated carbocycles. The first-order valence-corrected chi connectivity index (χ1v) is 9.48. The van der Waals surface area contributed by atoms with Crippen LogP contribution in [0, 0.1) is 11.6 Å². The quantitative estimate of drug-likeness (QED) is 0.555. The minimum Gasteiger partial charge on any atom is -0.494 e. The van der Waals surface area contributed by atoms with Crippen molar-refractivity contribution in [2.24, 2.45) is 0 Å². The third-order valence-corrected chi connectivity index (χ3v) is 4.09. The normalized spacial score (nSPS) is 10.3. The lowest BCUT2D eigenvalue weighted by atomic mass is 10.2. The summed E-state index contributed by atoms with van der Waals surface area (Å²) >= 11 is 0. The maximum absolute atomic E-state index is 13.6. The molecular formula is C23H20F2N2O4. The molecule has 3 aromatic rings. The largest absolute Gasteiger partial charge is 0.494 e. The summed E-state index contributed by atoms with van der Waals surface area (Å²) in [6, 6.07) is 16.4. The second-order valence-corrected chi connectivity index (χ2v) is 6.39. The van der Waals surface area contributed by atoms with E-state index in [1.807, 2.05) is 6.92 Å². The number of hydrogen-bond acceptors (Lipinski definition) is 4. The van der Waals surface area contributed by atoms with E-state index in [0.29, 0.717) is 29.9 Å². The third kappa shape index (κ3) is 6.27. The van der Waals surface area contributed by atoms with Crippen molar-refractivity contribution in [1.82, 2.24) is 5.32 Å². The minimum atomic E-state index is -0.999. The molecule has 0 unspecified atom stereocenters. The smallest absolute Gasteiger partial charge is 0.254 e. The Hall–Kier alpha value is -3.94. The monoisotopic (exact) mass is 426 g/mol. The number of benzene rings is 3. The van der Waals surface area contributed by atoms with Gasteiger partial charge in [-0.05, 0) is 67.6 Å². The maximum Gasteiger partial charge on any atom is 0.254 e. The van der Waals surface area contributed by atoms with E-state index in [2.05, 4.69) is 10.6 Å². The van der Waals surface area contributed by atoms with Crippen molar-refractivity contribution in [1.29, 1.82) is 0 Å². The number of ether oxygens (including phenoxy) is 2. The number of halogens is 2. The fraction of sp³-hybridized carbons (Fsp3) is 0.130. The van der Waals surface area contributed by atoms with Crippen LogP contribution in [0.5, 0.6) is 17.2 Å². The Labute approximate surface area is 177 Å². The molecule has 0 aromatic heterocycles. The molecule has 0 aliphatic heterocycles. The van der Waals surface area contributed by atoms with Gasteiger partial charge in [0.05, 0.1) is 18.7 Å². The molecule has 0 fully saturated rings. The third-order valence-electron chi connectivity index (χ3n) is 4.09. The summed E-state index contributed by atoms with van der Waals surface area (Å²) in [7, 11) is 0. The average molecular weight is 426 g/mol. The molecule has 2 amide bonds. The molecule has 160 valence electrons. The first kappa shape index (κ1) is 21.8. The summed E-state index contributed by atoms with van der Waals surface area (Å²) in [6.07, 6.45) is 0. The highest BCUT2D eigenvalue weighted by molar-refractivity contribution is 5.99. The zero-order chi connectivity index (χ0) is 22.2. The van der Waals surface area contributed by atoms with Gasteiger partial charge in [0, 0.05) is 11.8 Å². The molecule has 3 rings (SSSR count). The molecular weight excluding hydrogens is 406 g/mol. The zero-order valence-electron chi connectivity index (χ0n) is 16.7. The second-order valence-electron chi connectivity index (χ2n) is 6.39. The number of nitrogens with one attached hydrogen (secondary N) is 2. The molecule has 0 saturated heterocycles. The Morgan fingerprint density at radius 2 is 1.48 bits per heavy atom. The molecule has 3 aromatic carbocycles. The number of hydrogen-bond donors (Lipinski definition) is 2. The van der Waals surface area contributed by atoms with E-state index in [1.54, 1.807) is 48.5 Å². The van der Waals surface area contributed by atoms with Crippen LogP contribution >= 0.6 is 0 Å². The average Bonchev–Trinajstić information content (AvgIpc) is 2.75. The Bertz CT molecular complexity index is 1050. The van der Waals surface area contributed by atoms with Crippen molar-refractivity contribution in [2.75, 3.05) is 18.5 Å². The van der Waals surface area contributed by atoms with Crippen LogP contribution < -0.4 is 20.1 Å². The van der Waals surface area contributed by atoms with Crippen molar-refractivity contribution >= 4 is 17.5 Å². The number of carbonyl (C=O) groups excluding carboxylic acids is 2. The Morgan fingerprint density at radius 1 is 0.871 bits per heavy atom. The Kier molecular flexibility index (Phi) is 7.16. The van der Waals surface area contributed by atoms with E-state index in [4.69, 9.17) is 9.47 Å². The van der Waals surface area contributed by atoms with Crippen LogP contribution in [0.15, 0.2) is 66.7 Å². The molecule has 0 aliphatic rings. The van der Waals surface area contributed by atoms with Crippen LogP contribution in [-0.4, -0.2) is 25.0 Å². The van der Waals surface area contributed by atoms with Crippen molar-refractivity contribution in [3.8, 4) is 17.2 Å². The number of amides is 2. The molecule has 31 heavy (non-hydrogen) atoms. The van der Waals surface area contributed by atoms with Crippen LogP contribution in [0.4, 0.5) is 14.5 Å². The lowest BCUT2D eigenvalue weighted by Crippen LogP contribution is -2.33. The predicted molar refractivity (Wildman–Crippen MR) is 111 cm³/mol. The molecule has 0 atom stereocenters. The topological polar surface area (TPSA) is 76.7 Å². The van der Waals surface area contributed by atoms with Gasteiger partial charge in [-0.25, -0.2) is 8.78 Å². The highest BCUT2D eigenvalue weighted by atomic mass is 19.1. The van der Waals surface area contributed by atoms with Gasteiger partial charge in [0.2, 0.25) is 5.91 Å². The molecule has 0 heterocycles. The van der Waals surface area contributed by atoms with Gasteiger partial charge in [-0.3, -0.25) is 9.59 Å². The van der Waals surface area contributed by atoms with Gasteiger partial charge in [0.15, 0.2) is 0 Å². The number of anilines is 1. The van der Waals surface area contributed by atoms with E-state index in [9.17, 15) is 18.4 Å². The summed E-state index contributed by atoms with van der Waals surface area (Å²) < 4.78 is 37.6. The highest BCUT2D eigenvalue weighted by Crippen LogP contribution is 2.25. The zero-order valence-corrected chi connectivity index (χ0v) is 16.7. The van der Waals surface area contributed by atoms with Crippen LogP contribution in [0.25, 0.3) is 0 Å². The van der Waals surface area contributed by atoms with E-state index in [1.165, 1.54) is 0 Å². The highest BCUT2D eigenvalue weighted by Gasteiger charge is 2.13. The lowest BCUT2D eigenvalue weighted by Gasteiger charge is -2.10. The first-order chi connectivity index (χ1) is 14.9. The van der Waals surface area contributed by atoms with E-state index in [0.717, 1.165) is 17.9 Å². The summed E-state index contributed by atoms with van der Waals surface area (Å²) in [5.74, 6) is -1.15. The van der Waals surface area contributed by atoms with Gasteiger partial charge in [-0.1, -0.05) is 0 Å². The van der Waals surface area contributed by atoms with Crippen molar-refractivity contribution < 1.29 is 27.8 Å². The Balaban J connectivity index is 1.49. The van der Waals surface area contributed by atoms with E-state index in [-0.39, 0.29) is 12.1 Å². The summed E-state index contributed by atoms with van der Waals surface area (Å²) in [4.78, 5) is 24.0. The number of carbonyl (C=O) groups is 2. The molecule has 0 radical (unpaired) electrons. The van der Waals surface area contributed by atoms with E-state index < -0.39 is 23.4 Å². The molecule has 8 heteroatoms. The molecule has 0 spiro atoms. The summed E-state index contributed by atoms with van der Waals surface area (Å²) in [6.45, 7) is 2.12. The van der Waals surface area contributed by atoms with Gasteiger partial charge >= 0.3 is 0 Å². The van der Waals surface area contributed by atoms with Crippen LogP contribution in [0.3, 0.4) is 0 Å². The van der Waals surface area contributed by atoms with Gasteiger partial charge in [0.1, 0.15) is 28.9 Å². The fourth-order valence-corrected chi connectivity index (χ4v) is 2.65. The van der Waals surface area contributed by atoms with Crippen LogP contribution in [0.2, 0.25) is 0 Å². The van der Waals surface area contributed by atoms with Crippen molar-refractivity contribution in [3.63, 3.8) is 0 Å². The molecule has 2 N–H and O–H groups in total. The molecule has 0 aliphatic carbocycles. The molecule has 0 bridgehead atoms. The van der Waals surface area contributed by atoms with Crippen molar-refractivity contribution in [3.05, 3.63) is 83.9 Å². The van der Waals surface area contributed by atoms with E-state index >= 15 is 0 Å². The van der Waals surface area contributed by atoms with Crippen molar-refractivity contribution in [2.45, 2.75) is 6.92 Å². The van der Waals surface area contributed by atoms with Crippen LogP contribution in [0.1, 0.15) is 17.3 Å².